The van der Waals surface area contributed by atoms with Crippen LogP contribution in [0.15, 0.2) is 12.1 Å². The van der Waals surface area contributed by atoms with Crippen LogP contribution < -0.4 is 4.90 Å². The molecule has 0 unspecified atom stereocenters. The molecule has 0 bridgehead atoms. The van der Waals surface area contributed by atoms with Crippen molar-refractivity contribution in [2.75, 3.05) is 18.0 Å². The van der Waals surface area contributed by atoms with Crippen molar-refractivity contribution in [3.63, 3.8) is 0 Å². The van der Waals surface area contributed by atoms with Gasteiger partial charge in [-0.2, -0.15) is 13.2 Å². The summed E-state index contributed by atoms with van der Waals surface area (Å²) in [5.74, 6) is 0.146. The van der Waals surface area contributed by atoms with E-state index >= 15 is 0 Å². The van der Waals surface area contributed by atoms with E-state index in [9.17, 15) is 18.0 Å². The number of alkyl halides is 3. The number of carbonyl (C=O) groups is 1. The molecule has 0 aliphatic carbocycles. The van der Waals surface area contributed by atoms with Crippen LogP contribution in [0.3, 0.4) is 0 Å². The number of carbonyl (C=O) groups excluding carboxylic acids is 1. The average molecular weight is 244 g/mol. The number of aromatic nitrogens is 1. The minimum atomic E-state index is -4.48. The topological polar surface area (TPSA) is 33.2 Å². The Bertz CT molecular complexity index is 425. The van der Waals surface area contributed by atoms with Crippen molar-refractivity contribution in [3.05, 3.63) is 23.4 Å². The smallest absolute Gasteiger partial charge is 0.356 e. The van der Waals surface area contributed by atoms with Crippen LogP contribution in [0, 0.1) is 0 Å². The molecule has 2 heterocycles. The third kappa shape index (κ3) is 2.40. The zero-order valence-electron chi connectivity index (χ0n) is 9.00. The van der Waals surface area contributed by atoms with Crippen molar-refractivity contribution in [2.45, 2.75) is 19.0 Å². The van der Waals surface area contributed by atoms with Crippen LogP contribution in [0.4, 0.5) is 19.0 Å². The van der Waals surface area contributed by atoms with Gasteiger partial charge in [-0.05, 0) is 25.0 Å². The first-order valence-electron chi connectivity index (χ1n) is 5.31. The number of pyridine rings is 1. The highest BCUT2D eigenvalue weighted by Gasteiger charge is 2.33. The molecule has 17 heavy (non-hydrogen) atoms. The van der Waals surface area contributed by atoms with Gasteiger partial charge in [0.05, 0.1) is 5.56 Å². The molecule has 3 nitrogen and oxygen atoms in total. The third-order valence-electron chi connectivity index (χ3n) is 2.73. The Morgan fingerprint density at radius 2 is 1.88 bits per heavy atom. The predicted molar refractivity (Wildman–Crippen MR) is 56.1 cm³/mol. The second-order valence-electron chi connectivity index (χ2n) is 3.92. The van der Waals surface area contributed by atoms with Gasteiger partial charge in [0, 0.05) is 13.1 Å². The fourth-order valence-electron chi connectivity index (χ4n) is 1.89. The standard InChI is InChI=1S/C11H11F3N2O/c12-11(13,14)9-4-3-8(7-17)10(15-9)16-5-1-2-6-16/h3-4,7H,1-2,5-6H2. The zero-order chi connectivity index (χ0) is 12.5. The van der Waals surface area contributed by atoms with E-state index in [-0.39, 0.29) is 11.4 Å². The van der Waals surface area contributed by atoms with E-state index in [2.05, 4.69) is 4.98 Å². The molecule has 1 aromatic rings. The lowest BCUT2D eigenvalue weighted by molar-refractivity contribution is -0.141. The summed E-state index contributed by atoms with van der Waals surface area (Å²) in [4.78, 5) is 16.1. The van der Waals surface area contributed by atoms with Crippen molar-refractivity contribution in [1.82, 2.24) is 4.98 Å². The lowest BCUT2D eigenvalue weighted by Gasteiger charge is -2.19. The molecule has 1 fully saturated rings. The van der Waals surface area contributed by atoms with E-state index in [1.807, 2.05) is 0 Å². The quantitative estimate of drug-likeness (QED) is 0.749. The van der Waals surface area contributed by atoms with Crippen molar-refractivity contribution in [2.24, 2.45) is 0 Å². The van der Waals surface area contributed by atoms with Gasteiger partial charge in [0.15, 0.2) is 6.29 Å². The number of rotatable bonds is 2. The van der Waals surface area contributed by atoms with E-state index in [1.165, 1.54) is 6.07 Å². The highest BCUT2D eigenvalue weighted by atomic mass is 19.4. The van der Waals surface area contributed by atoms with Gasteiger partial charge in [-0.25, -0.2) is 4.98 Å². The Balaban J connectivity index is 2.42. The van der Waals surface area contributed by atoms with E-state index < -0.39 is 11.9 Å². The first-order valence-corrected chi connectivity index (χ1v) is 5.31. The number of anilines is 1. The number of nitrogens with zero attached hydrogens (tertiary/aromatic N) is 2. The summed E-state index contributed by atoms with van der Waals surface area (Å²) in [5.41, 5.74) is -0.745. The minimum absolute atomic E-state index is 0.146. The van der Waals surface area contributed by atoms with E-state index in [4.69, 9.17) is 0 Å². The summed E-state index contributed by atoms with van der Waals surface area (Å²) in [6.07, 6.45) is -2.11. The molecule has 1 aliphatic rings. The minimum Gasteiger partial charge on any atom is -0.356 e. The SMILES string of the molecule is O=Cc1ccc(C(F)(F)F)nc1N1CCCC1. The number of aldehydes is 1. The highest BCUT2D eigenvalue weighted by molar-refractivity contribution is 5.83. The van der Waals surface area contributed by atoms with E-state index in [0.29, 0.717) is 19.4 Å². The molecule has 1 saturated heterocycles. The summed E-state index contributed by atoms with van der Waals surface area (Å²) < 4.78 is 37.6. The van der Waals surface area contributed by atoms with Crippen LogP contribution >= 0.6 is 0 Å². The molecule has 92 valence electrons. The molecular weight excluding hydrogens is 233 g/mol. The van der Waals surface area contributed by atoms with Gasteiger partial charge in [0.2, 0.25) is 0 Å². The van der Waals surface area contributed by atoms with E-state index in [0.717, 1.165) is 18.9 Å². The Kier molecular flexibility index (Phi) is 3.04. The van der Waals surface area contributed by atoms with Crippen LogP contribution in [0.25, 0.3) is 0 Å². The Morgan fingerprint density at radius 3 is 2.41 bits per heavy atom. The van der Waals surface area contributed by atoms with Crippen molar-refractivity contribution >= 4 is 12.1 Å². The molecule has 0 aromatic carbocycles. The maximum Gasteiger partial charge on any atom is 0.433 e. The fourth-order valence-corrected chi connectivity index (χ4v) is 1.89. The highest BCUT2D eigenvalue weighted by Crippen LogP contribution is 2.31. The molecule has 0 amide bonds. The van der Waals surface area contributed by atoms with Gasteiger partial charge in [-0.3, -0.25) is 4.79 Å². The van der Waals surface area contributed by atoms with Crippen molar-refractivity contribution in [3.8, 4) is 0 Å². The molecule has 0 spiro atoms. The summed E-state index contributed by atoms with van der Waals surface area (Å²) in [5, 5.41) is 0. The molecular formula is C11H11F3N2O. The molecule has 0 N–H and O–H groups in total. The molecule has 1 aliphatic heterocycles. The Hall–Kier alpha value is -1.59. The molecule has 2 rings (SSSR count). The lowest BCUT2D eigenvalue weighted by Crippen LogP contribution is -2.22. The number of hydrogen-bond donors (Lipinski definition) is 0. The molecule has 0 radical (unpaired) electrons. The number of halogens is 3. The Labute approximate surface area is 96.3 Å². The average Bonchev–Trinajstić information content (AvgIpc) is 2.80. The number of hydrogen-bond acceptors (Lipinski definition) is 3. The zero-order valence-corrected chi connectivity index (χ0v) is 9.00. The van der Waals surface area contributed by atoms with Crippen LogP contribution in [0.1, 0.15) is 28.9 Å². The lowest BCUT2D eigenvalue weighted by atomic mass is 10.2. The van der Waals surface area contributed by atoms with E-state index in [1.54, 1.807) is 4.90 Å². The van der Waals surface area contributed by atoms with Gasteiger partial charge < -0.3 is 4.90 Å². The summed E-state index contributed by atoms with van der Waals surface area (Å²) >= 11 is 0. The van der Waals surface area contributed by atoms with Crippen LogP contribution in [0.5, 0.6) is 0 Å². The fraction of sp³-hybridized carbons (Fsp3) is 0.455. The van der Waals surface area contributed by atoms with Gasteiger partial charge in [0.25, 0.3) is 0 Å². The monoisotopic (exact) mass is 244 g/mol. The molecule has 1 aromatic heterocycles. The first-order chi connectivity index (χ1) is 8.02. The largest absolute Gasteiger partial charge is 0.433 e. The second-order valence-corrected chi connectivity index (χ2v) is 3.92. The van der Waals surface area contributed by atoms with Crippen molar-refractivity contribution in [1.29, 1.82) is 0 Å². The summed E-state index contributed by atoms with van der Waals surface area (Å²) in [7, 11) is 0. The maximum absolute atomic E-state index is 12.5. The molecule has 0 atom stereocenters. The molecule has 6 heteroatoms. The van der Waals surface area contributed by atoms with Crippen LogP contribution in [0.2, 0.25) is 0 Å². The van der Waals surface area contributed by atoms with Crippen LogP contribution in [-0.2, 0) is 6.18 Å². The normalized spacial score (nSPS) is 16.3. The van der Waals surface area contributed by atoms with Gasteiger partial charge in [-0.1, -0.05) is 0 Å². The third-order valence-corrected chi connectivity index (χ3v) is 2.73. The van der Waals surface area contributed by atoms with Gasteiger partial charge in [-0.15, -0.1) is 0 Å². The van der Waals surface area contributed by atoms with Crippen LogP contribution in [-0.4, -0.2) is 24.4 Å². The van der Waals surface area contributed by atoms with Crippen molar-refractivity contribution < 1.29 is 18.0 Å². The summed E-state index contributed by atoms with van der Waals surface area (Å²) in [6.45, 7) is 1.30. The second kappa shape index (κ2) is 4.35. The first kappa shape index (κ1) is 11.9. The molecule has 0 saturated carbocycles. The predicted octanol–water partition coefficient (Wildman–Crippen LogP) is 2.51. The Morgan fingerprint density at radius 1 is 1.24 bits per heavy atom. The van der Waals surface area contributed by atoms with Gasteiger partial charge in [0.1, 0.15) is 11.5 Å². The maximum atomic E-state index is 12.5. The summed E-state index contributed by atoms with van der Waals surface area (Å²) in [6, 6.07) is 2.01. The van der Waals surface area contributed by atoms with Gasteiger partial charge >= 0.3 is 6.18 Å².